The number of amides is 1. The summed E-state index contributed by atoms with van der Waals surface area (Å²) < 4.78 is 7.47. The van der Waals surface area contributed by atoms with Gasteiger partial charge in [0.25, 0.3) is 5.91 Å². The number of carbonyl (C=O) groups is 1. The van der Waals surface area contributed by atoms with Crippen molar-refractivity contribution in [2.24, 2.45) is 0 Å². The number of ether oxygens (including phenoxy) is 1. The molecule has 25 heavy (non-hydrogen) atoms. The Balaban J connectivity index is 1.59. The number of hydrogen-bond donors (Lipinski definition) is 1. The number of nitrogens with one attached hydrogen (secondary N) is 1. The SMILES string of the molecule is CCn1c(CCCNC(=O)c2ccccc2OC)nc2ccccc21. The zero-order valence-corrected chi connectivity index (χ0v) is 14.7. The molecular weight excluding hydrogens is 314 g/mol. The summed E-state index contributed by atoms with van der Waals surface area (Å²) in [6, 6.07) is 15.4. The topological polar surface area (TPSA) is 56.2 Å². The quantitative estimate of drug-likeness (QED) is 0.672. The van der Waals surface area contributed by atoms with E-state index >= 15 is 0 Å². The summed E-state index contributed by atoms with van der Waals surface area (Å²) in [5.74, 6) is 1.55. The summed E-state index contributed by atoms with van der Waals surface area (Å²) in [6.45, 7) is 3.62. The first-order chi connectivity index (χ1) is 12.2. The zero-order chi connectivity index (χ0) is 17.6. The zero-order valence-electron chi connectivity index (χ0n) is 14.7. The summed E-state index contributed by atoms with van der Waals surface area (Å²) in [5.41, 5.74) is 2.75. The normalized spacial score (nSPS) is 10.8. The van der Waals surface area contributed by atoms with Crippen LogP contribution in [0.1, 0.15) is 29.5 Å². The van der Waals surface area contributed by atoms with Crippen LogP contribution in [0.4, 0.5) is 0 Å². The number of rotatable bonds is 7. The highest BCUT2D eigenvalue weighted by Gasteiger charge is 2.12. The summed E-state index contributed by atoms with van der Waals surface area (Å²) in [4.78, 5) is 17.0. The van der Waals surface area contributed by atoms with E-state index < -0.39 is 0 Å². The van der Waals surface area contributed by atoms with Crippen molar-refractivity contribution in [1.29, 1.82) is 0 Å². The number of para-hydroxylation sites is 3. The lowest BCUT2D eigenvalue weighted by molar-refractivity contribution is 0.0950. The van der Waals surface area contributed by atoms with Crippen molar-refractivity contribution in [1.82, 2.24) is 14.9 Å². The number of fused-ring (bicyclic) bond motifs is 1. The van der Waals surface area contributed by atoms with Crippen molar-refractivity contribution in [3.05, 3.63) is 59.9 Å². The molecule has 5 heteroatoms. The molecular formula is C20H23N3O2. The number of imidazole rings is 1. The molecule has 1 N–H and O–H groups in total. The van der Waals surface area contributed by atoms with Gasteiger partial charge in [-0.25, -0.2) is 4.98 Å². The van der Waals surface area contributed by atoms with Crippen LogP contribution in [0.3, 0.4) is 0 Å². The van der Waals surface area contributed by atoms with Crippen LogP contribution < -0.4 is 10.1 Å². The van der Waals surface area contributed by atoms with E-state index in [9.17, 15) is 4.79 Å². The Hall–Kier alpha value is -2.82. The Morgan fingerprint density at radius 3 is 2.72 bits per heavy atom. The van der Waals surface area contributed by atoms with Gasteiger partial charge in [0.2, 0.25) is 0 Å². The smallest absolute Gasteiger partial charge is 0.255 e. The minimum Gasteiger partial charge on any atom is -0.496 e. The molecule has 0 aliphatic heterocycles. The molecule has 3 rings (SSSR count). The maximum Gasteiger partial charge on any atom is 0.255 e. The number of aryl methyl sites for hydroxylation is 2. The van der Waals surface area contributed by atoms with E-state index in [1.165, 1.54) is 0 Å². The Morgan fingerprint density at radius 1 is 1.16 bits per heavy atom. The lowest BCUT2D eigenvalue weighted by atomic mass is 10.2. The van der Waals surface area contributed by atoms with E-state index in [0.717, 1.165) is 36.2 Å². The molecule has 2 aromatic carbocycles. The second-order valence-electron chi connectivity index (χ2n) is 5.82. The first kappa shape index (κ1) is 17.0. The molecule has 0 aliphatic carbocycles. The number of nitrogens with zero attached hydrogens (tertiary/aromatic N) is 2. The van der Waals surface area contributed by atoms with Crippen LogP contribution in [0, 0.1) is 0 Å². The largest absolute Gasteiger partial charge is 0.496 e. The molecule has 130 valence electrons. The number of aromatic nitrogens is 2. The maximum atomic E-state index is 12.3. The molecule has 0 aliphatic rings. The fraction of sp³-hybridized carbons (Fsp3) is 0.300. The van der Waals surface area contributed by atoms with Gasteiger partial charge in [-0.1, -0.05) is 24.3 Å². The fourth-order valence-corrected chi connectivity index (χ4v) is 3.04. The van der Waals surface area contributed by atoms with Crippen molar-refractivity contribution in [3.8, 4) is 5.75 Å². The molecule has 0 saturated carbocycles. The lowest BCUT2D eigenvalue weighted by Crippen LogP contribution is -2.25. The molecule has 0 unspecified atom stereocenters. The number of benzene rings is 2. The van der Waals surface area contributed by atoms with Crippen molar-refractivity contribution in [2.45, 2.75) is 26.3 Å². The van der Waals surface area contributed by atoms with E-state index in [1.807, 2.05) is 30.3 Å². The van der Waals surface area contributed by atoms with Crippen LogP contribution in [0.2, 0.25) is 0 Å². The molecule has 0 atom stereocenters. The van der Waals surface area contributed by atoms with Crippen LogP contribution in [0.25, 0.3) is 11.0 Å². The van der Waals surface area contributed by atoms with Gasteiger partial charge in [-0.15, -0.1) is 0 Å². The van der Waals surface area contributed by atoms with Crippen LogP contribution in [0.5, 0.6) is 5.75 Å². The third kappa shape index (κ3) is 3.65. The molecule has 0 fully saturated rings. The van der Waals surface area contributed by atoms with E-state index in [-0.39, 0.29) is 5.91 Å². The molecule has 1 heterocycles. The van der Waals surface area contributed by atoms with Gasteiger partial charge in [0.15, 0.2) is 0 Å². The standard InChI is InChI=1S/C20H23N3O2/c1-3-23-17-11-6-5-10-16(17)22-19(23)13-8-14-21-20(24)15-9-4-7-12-18(15)25-2/h4-7,9-12H,3,8,13-14H2,1-2H3,(H,21,24). The predicted octanol–water partition coefficient (Wildman–Crippen LogP) is 3.43. The van der Waals surface area contributed by atoms with Crippen LogP contribution in [-0.2, 0) is 13.0 Å². The molecule has 0 saturated heterocycles. The third-order valence-electron chi connectivity index (χ3n) is 4.26. The molecule has 0 spiro atoms. The molecule has 3 aromatic rings. The van der Waals surface area contributed by atoms with Crippen LogP contribution in [0.15, 0.2) is 48.5 Å². The van der Waals surface area contributed by atoms with Gasteiger partial charge in [-0.05, 0) is 37.6 Å². The van der Waals surface area contributed by atoms with Crippen molar-refractivity contribution in [3.63, 3.8) is 0 Å². The number of methoxy groups -OCH3 is 1. The number of carbonyl (C=O) groups excluding carboxylic acids is 1. The van der Waals surface area contributed by atoms with E-state index in [0.29, 0.717) is 17.9 Å². The first-order valence-electron chi connectivity index (χ1n) is 8.60. The van der Waals surface area contributed by atoms with Gasteiger partial charge in [0.05, 0.1) is 23.7 Å². The Bertz CT molecular complexity index is 870. The van der Waals surface area contributed by atoms with Crippen LogP contribution in [-0.4, -0.2) is 29.1 Å². The van der Waals surface area contributed by atoms with Crippen molar-refractivity contribution < 1.29 is 9.53 Å². The maximum absolute atomic E-state index is 12.3. The molecule has 0 bridgehead atoms. The Labute approximate surface area is 147 Å². The number of hydrogen-bond acceptors (Lipinski definition) is 3. The Kier molecular flexibility index (Phi) is 5.33. The lowest BCUT2D eigenvalue weighted by Gasteiger charge is -2.09. The van der Waals surface area contributed by atoms with Gasteiger partial charge >= 0.3 is 0 Å². The summed E-state index contributed by atoms with van der Waals surface area (Å²) in [5, 5.41) is 2.96. The van der Waals surface area contributed by atoms with Gasteiger partial charge in [0, 0.05) is 19.5 Å². The highest BCUT2D eigenvalue weighted by molar-refractivity contribution is 5.96. The monoisotopic (exact) mass is 337 g/mol. The molecule has 0 radical (unpaired) electrons. The van der Waals surface area contributed by atoms with Crippen molar-refractivity contribution >= 4 is 16.9 Å². The second kappa shape index (κ2) is 7.83. The minimum absolute atomic E-state index is 0.110. The second-order valence-corrected chi connectivity index (χ2v) is 5.82. The van der Waals surface area contributed by atoms with Gasteiger partial charge in [0.1, 0.15) is 11.6 Å². The van der Waals surface area contributed by atoms with Gasteiger partial charge in [-0.2, -0.15) is 0 Å². The van der Waals surface area contributed by atoms with E-state index in [1.54, 1.807) is 19.2 Å². The highest BCUT2D eigenvalue weighted by Crippen LogP contribution is 2.18. The van der Waals surface area contributed by atoms with Gasteiger partial charge < -0.3 is 14.6 Å². The van der Waals surface area contributed by atoms with E-state index in [4.69, 9.17) is 9.72 Å². The van der Waals surface area contributed by atoms with Crippen molar-refractivity contribution in [2.75, 3.05) is 13.7 Å². The predicted molar refractivity (Wildman–Crippen MR) is 99.1 cm³/mol. The summed E-state index contributed by atoms with van der Waals surface area (Å²) in [6.07, 6.45) is 1.67. The average Bonchev–Trinajstić information content (AvgIpc) is 3.02. The third-order valence-corrected chi connectivity index (χ3v) is 4.26. The highest BCUT2D eigenvalue weighted by atomic mass is 16.5. The molecule has 1 aromatic heterocycles. The molecule has 5 nitrogen and oxygen atoms in total. The first-order valence-corrected chi connectivity index (χ1v) is 8.60. The van der Waals surface area contributed by atoms with Gasteiger partial charge in [-0.3, -0.25) is 4.79 Å². The summed E-state index contributed by atoms with van der Waals surface area (Å²) >= 11 is 0. The molecule has 1 amide bonds. The van der Waals surface area contributed by atoms with E-state index in [2.05, 4.69) is 22.9 Å². The fourth-order valence-electron chi connectivity index (χ4n) is 3.04. The minimum atomic E-state index is -0.110. The van der Waals surface area contributed by atoms with Crippen LogP contribution >= 0.6 is 0 Å². The Morgan fingerprint density at radius 2 is 1.92 bits per heavy atom. The summed E-state index contributed by atoms with van der Waals surface area (Å²) in [7, 11) is 1.57. The average molecular weight is 337 g/mol.